The highest BCUT2D eigenvalue weighted by Gasteiger charge is 2.30. The maximum absolute atomic E-state index is 12.7. The number of hydrogen-bond donors (Lipinski definition) is 1. The summed E-state index contributed by atoms with van der Waals surface area (Å²) in [4.78, 5) is 17.2. The fourth-order valence-electron chi connectivity index (χ4n) is 3.62. The fourth-order valence-corrected chi connectivity index (χ4v) is 3.62. The largest absolute Gasteiger partial charge is 0.378 e. The summed E-state index contributed by atoms with van der Waals surface area (Å²) in [6.07, 6.45) is 5.23. The van der Waals surface area contributed by atoms with Gasteiger partial charge in [-0.2, -0.15) is 4.98 Å². The van der Waals surface area contributed by atoms with E-state index < -0.39 is 0 Å². The van der Waals surface area contributed by atoms with Gasteiger partial charge in [-0.05, 0) is 50.2 Å². The molecule has 2 aliphatic rings. The van der Waals surface area contributed by atoms with E-state index in [2.05, 4.69) is 29.3 Å². The van der Waals surface area contributed by atoms with E-state index in [4.69, 9.17) is 9.26 Å². The average molecular weight is 369 g/mol. The number of amides is 1. The minimum atomic E-state index is -0.0574. The molecule has 1 saturated heterocycles. The van der Waals surface area contributed by atoms with Gasteiger partial charge in [0.25, 0.3) is 5.91 Å². The predicted molar refractivity (Wildman–Crippen MR) is 101 cm³/mol. The molecule has 144 valence electrons. The highest BCUT2D eigenvalue weighted by atomic mass is 16.5. The van der Waals surface area contributed by atoms with Crippen LogP contribution < -0.4 is 5.32 Å². The Bertz CT molecular complexity index is 797. The summed E-state index contributed by atoms with van der Waals surface area (Å²) in [5.74, 6) is 2.22. The number of benzene rings is 1. The van der Waals surface area contributed by atoms with Gasteiger partial charge < -0.3 is 14.6 Å². The SMILES string of the molecule is CC(C)C[C@H]1C[C@@H](NC(=O)c2cccc(-c3noc(C4CC4)n3)c2)CCO1. The van der Waals surface area contributed by atoms with Gasteiger partial charge in [0.05, 0.1) is 6.10 Å². The van der Waals surface area contributed by atoms with Crippen molar-refractivity contribution in [2.24, 2.45) is 5.92 Å². The van der Waals surface area contributed by atoms with Gasteiger partial charge in [-0.15, -0.1) is 0 Å². The Morgan fingerprint density at radius 2 is 2.15 bits per heavy atom. The average Bonchev–Trinajstić information content (AvgIpc) is 3.38. The van der Waals surface area contributed by atoms with Crippen LogP contribution in [0.1, 0.15) is 68.1 Å². The lowest BCUT2D eigenvalue weighted by Crippen LogP contribution is -2.42. The van der Waals surface area contributed by atoms with Gasteiger partial charge in [-0.3, -0.25) is 4.79 Å². The van der Waals surface area contributed by atoms with Crippen molar-refractivity contribution in [3.63, 3.8) is 0 Å². The zero-order valence-electron chi connectivity index (χ0n) is 16.0. The van der Waals surface area contributed by atoms with Crippen molar-refractivity contribution in [3.8, 4) is 11.4 Å². The van der Waals surface area contributed by atoms with Crippen molar-refractivity contribution in [1.82, 2.24) is 15.5 Å². The van der Waals surface area contributed by atoms with E-state index in [0.717, 1.165) is 37.7 Å². The molecule has 2 fully saturated rings. The molecule has 4 rings (SSSR count). The Morgan fingerprint density at radius 3 is 2.93 bits per heavy atom. The van der Waals surface area contributed by atoms with Crippen LogP contribution in [-0.2, 0) is 4.74 Å². The topological polar surface area (TPSA) is 77.3 Å². The molecule has 6 heteroatoms. The molecule has 2 atom stereocenters. The fraction of sp³-hybridized carbons (Fsp3) is 0.571. The molecule has 0 bridgehead atoms. The predicted octanol–water partition coefficient (Wildman–Crippen LogP) is 3.94. The standard InChI is InChI=1S/C21H27N3O3/c1-13(2)10-18-12-17(8-9-26-18)22-20(25)16-5-3-4-15(11-16)19-23-21(27-24-19)14-6-7-14/h3-5,11,13-14,17-18H,6-10,12H2,1-2H3,(H,22,25)/t17-,18-/m0/s1. The van der Waals surface area contributed by atoms with Crippen molar-refractivity contribution < 1.29 is 14.1 Å². The number of carbonyl (C=O) groups excluding carboxylic acids is 1. The molecule has 1 aliphatic heterocycles. The van der Waals surface area contributed by atoms with E-state index in [1.165, 1.54) is 0 Å². The third-order valence-corrected chi connectivity index (χ3v) is 5.19. The van der Waals surface area contributed by atoms with Gasteiger partial charge in [0, 0.05) is 29.7 Å². The van der Waals surface area contributed by atoms with E-state index >= 15 is 0 Å². The Kier molecular flexibility index (Phi) is 5.25. The molecule has 0 unspecified atom stereocenters. The monoisotopic (exact) mass is 369 g/mol. The van der Waals surface area contributed by atoms with Crippen LogP contribution in [0.4, 0.5) is 0 Å². The number of hydrogen-bond acceptors (Lipinski definition) is 5. The maximum atomic E-state index is 12.7. The van der Waals surface area contributed by atoms with Crippen molar-refractivity contribution in [3.05, 3.63) is 35.7 Å². The molecule has 1 saturated carbocycles. The van der Waals surface area contributed by atoms with Crippen LogP contribution in [0.2, 0.25) is 0 Å². The number of ether oxygens (including phenoxy) is 1. The van der Waals surface area contributed by atoms with E-state index in [-0.39, 0.29) is 18.1 Å². The van der Waals surface area contributed by atoms with E-state index in [0.29, 0.717) is 35.7 Å². The summed E-state index contributed by atoms with van der Waals surface area (Å²) >= 11 is 0. The number of carbonyl (C=O) groups is 1. The highest BCUT2D eigenvalue weighted by molar-refractivity contribution is 5.95. The van der Waals surface area contributed by atoms with Crippen LogP contribution in [0.3, 0.4) is 0 Å². The molecule has 1 N–H and O–H groups in total. The number of nitrogens with one attached hydrogen (secondary N) is 1. The number of nitrogens with zero attached hydrogens (tertiary/aromatic N) is 2. The second-order valence-electron chi connectivity index (χ2n) is 8.13. The van der Waals surface area contributed by atoms with Gasteiger partial charge in [-0.1, -0.05) is 31.1 Å². The molecule has 2 aromatic rings. The first-order valence-corrected chi connectivity index (χ1v) is 9.95. The van der Waals surface area contributed by atoms with Crippen molar-refractivity contribution in [2.75, 3.05) is 6.61 Å². The minimum Gasteiger partial charge on any atom is -0.378 e. The smallest absolute Gasteiger partial charge is 0.251 e. The van der Waals surface area contributed by atoms with Crippen LogP contribution in [0.5, 0.6) is 0 Å². The molecule has 0 spiro atoms. The van der Waals surface area contributed by atoms with Crippen LogP contribution in [0.15, 0.2) is 28.8 Å². The molecule has 2 heterocycles. The van der Waals surface area contributed by atoms with Crippen LogP contribution in [0.25, 0.3) is 11.4 Å². The molecule has 27 heavy (non-hydrogen) atoms. The zero-order valence-corrected chi connectivity index (χ0v) is 16.0. The molecule has 6 nitrogen and oxygen atoms in total. The lowest BCUT2D eigenvalue weighted by Gasteiger charge is -2.31. The molecular formula is C21H27N3O3. The Hall–Kier alpha value is -2.21. The summed E-state index contributed by atoms with van der Waals surface area (Å²) in [5.41, 5.74) is 1.43. The third-order valence-electron chi connectivity index (χ3n) is 5.19. The molecule has 1 aromatic heterocycles. The molecule has 1 aliphatic carbocycles. The van der Waals surface area contributed by atoms with Crippen LogP contribution >= 0.6 is 0 Å². The Labute approximate surface area is 159 Å². The Balaban J connectivity index is 1.41. The zero-order chi connectivity index (χ0) is 18.8. The Morgan fingerprint density at radius 1 is 1.30 bits per heavy atom. The summed E-state index contributed by atoms with van der Waals surface area (Å²) < 4.78 is 11.2. The van der Waals surface area contributed by atoms with Crippen LogP contribution in [0, 0.1) is 5.92 Å². The summed E-state index contributed by atoms with van der Waals surface area (Å²) in [5, 5.41) is 7.23. The van der Waals surface area contributed by atoms with E-state index in [1.807, 2.05) is 24.3 Å². The van der Waals surface area contributed by atoms with Gasteiger partial charge in [0.15, 0.2) is 0 Å². The second-order valence-corrected chi connectivity index (χ2v) is 8.13. The van der Waals surface area contributed by atoms with Crippen molar-refractivity contribution >= 4 is 5.91 Å². The summed E-state index contributed by atoms with van der Waals surface area (Å²) in [7, 11) is 0. The highest BCUT2D eigenvalue weighted by Crippen LogP contribution is 2.39. The van der Waals surface area contributed by atoms with Crippen LogP contribution in [-0.4, -0.2) is 34.8 Å². The first-order valence-electron chi connectivity index (χ1n) is 9.95. The molecular weight excluding hydrogens is 342 g/mol. The lowest BCUT2D eigenvalue weighted by atomic mass is 9.96. The van der Waals surface area contributed by atoms with E-state index in [1.54, 1.807) is 0 Å². The normalized spacial score (nSPS) is 22.8. The second kappa shape index (κ2) is 7.80. The van der Waals surface area contributed by atoms with Gasteiger partial charge in [-0.25, -0.2) is 0 Å². The first-order chi connectivity index (χ1) is 13.1. The molecule has 0 radical (unpaired) electrons. The van der Waals surface area contributed by atoms with E-state index in [9.17, 15) is 4.79 Å². The van der Waals surface area contributed by atoms with Crippen molar-refractivity contribution in [2.45, 2.75) is 64.0 Å². The maximum Gasteiger partial charge on any atom is 0.251 e. The summed E-state index contributed by atoms with van der Waals surface area (Å²) in [6.45, 7) is 5.10. The first kappa shape index (κ1) is 18.2. The molecule has 1 aromatic carbocycles. The number of aromatic nitrogens is 2. The number of rotatable bonds is 6. The third kappa shape index (κ3) is 4.56. The van der Waals surface area contributed by atoms with Crippen molar-refractivity contribution in [1.29, 1.82) is 0 Å². The summed E-state index contributed by atoms with van der Waals surface area (Å²) in [6, 6.07) is 7.59. The van der Waals surface area contributed by atoms with Gasteiger partial charge in [0.2, 0.25) is 11.7 Å². The molecule has 1 amide bonds. The lowest BCUT2D eigenvalue weighted by molar-refractivity contribution is -0.00846. The quantitative estimate of drug-likeness (QED) is 0.834. The minimum absolute atomic E-state index is 0.0574. The van der Waals surface area contributed by atoms with Gasteiger partial charge in [0.1, 0.15) is 0 Å². The van der Waals surface area contributed by atoms with Gasteiger partial charge >= 0.3 is 0 Å².